The largest absolute Gasteiger partial charge is 0.392 e. The van der Waals surface area contributed by atoms with Gasteiger partial charge >= 0.3 is 0 Å². The van der Waals surface area contributed by atoms with Crippen molar-refractivity contribution in [3.8, 4) is 0 Å². The summed E-state index contributed by atoms with van der Waals surface area (Å²) in [4.78, 5) is 0. The number of ether oxygens (including phenoxy) is 1. The van der Waals surface area contributed by atoms with Gasteiger partial charge in [-0.05, 0) is 16.7 Å². The molecule has 0 saturated carbocycles. The van der Waals surface area contributed by atoms with Gasteiger partial charge in [0.25, 0.3) is 0 Å². The highest BCUT2D eigenvalue weighted by molar-refractivity contribution is 5.30. The molecule has 104 valence electrons. The zero-order valence-electron chi connectivity index (χ0n) is 11.1. The maximum Gasteiger partial charge on any atom is 0.0906 e. The monoisotopic (exact) mass is 270 g/mol. The van der Waals surface area contributed by atoms with Crippen LogP contribution in [-0.4, -0.2) is 22.9 Å². The minimum atomic E-state index is -0.599. The molecular formula is C17H18O3. The van der Waals surface area contributed by atoms with Gasteiger partial charge in [-0.3, -0.25) is 0 Å². The van der Waals surface area contributed by atoms with Crippen LogP contribution in [0.25, 0.3) is 0 Å². The molecule has 1 aliphatic heterocycles. The number of aliphatic hydroxyl groups excluding tert-OH is 2. The molecule has 0 amide bonds. The minimum absolute atomic E-state index is 0.0181. The molecule has 20 heavy (non-hydrogen) atoms. The van der Waals surface area contributed by atoms with Crippen molar-refractivity contribution in [1.29, 1.82) is 0 Å². The van der Waals surface area contributed by atoms with E-state index in [0.29, 0.717) is 6.61 Å². The smallest absolute Gasteiger partial charge is 0.0906 e. The van der Waals surface area contributed by atoms with Gasteiger partial charge < -0.3 is 14.9 Å². The fourth-order valence-electron chi connectivity index (χ4n) is 2.57. The summed E-state index contributed by atoms with van der Waals surface area (Å²) >= 11 is 0. The van der Waals surface area contributed by atoms with Gasteiger partial charge in [-0.15, -0.1) is 0 Å². The Morgan fingerprint density at radius 3 is 2.20 bits per heavy atom. The van der Waals surface area contributed by atoms with Crippen LogP contribution in [0.15, 0.2) is 54.6 Å². The molecule has 1 aliphatic rings. The molecule has 2 aromatic rings. The quantitative estimate of drug-likeness (QED) is 0.820. The standard InChI is InChI=1S/C17H18O3/c18-10-12-6-8-14(9-7-12)17(19)16(15-11-20-15)13-4-2-1-3-5-13/h1-9,15-19H,10-11H2/t15-,16+,17+/m0/s1. The van der Waals surface area contributed by atoms with Gasteiger partial charge in [0.2, 0.25) is 0 Å². The van der Waals surface area contributed by atoms with Gasteiger partial charge in [0.05, 0.1) is 25.4 Å². The summed E-state index contributed by atoms with van der Waals surface area (Å²) < 4.78 is 5.41. The molecule has 2 aromatic carbocycles. The average molecular weight is 270 g/mol. The summed E-state index contributed by atoms with van der Waals surface area (Å²) in [5.74, 6) is -0.0452. The highest BCUT2D eigenvalue weighted by Gasteiger charge is 2.39. The van der Waals surface area contributed by atoms with Crippen molar-refractivity contribution in [3.63, 3.8) is 0 Å². The minimum Gasteiger partial charge on any atom is -0.392 e. The van der Waals surface area contributed by atoms with E-state index in [1.165, 1.54) is 0 Å². The number of benzene rings is 2. The Hall–Kier alpha value is -1.68. The molecule has 3 rings (SSSR count). The van der Waals surface area contributed by atoms with Crippen molar-refractivity contribution in [2.75, 3.05) is 6.61 Å². The lowest BCUT2D eigenvalue weighted by Gasteiger charge is -2.22. The molecule has 3 nitrogen and oxygen atoms in total. The number of aliphatic hydroxyl groups is 2. The lowest BCUT2D eigenvalue weighted by atomic mass is 9.86. The highest BCUT2D eigenvalue weighted by atomic mass is 16.6. The molecule has 1 fully saturated rings. The van der Waals surface area contributed by atoms with E-state index >= 15 is 0 Å². The van der Waals surface area contributed by atoms with Gasteiger partial charge in [-0.25, -0.2) is 0 Å². The fourth-order valence-corrected chi connectivity index (χ4v) is 2.57. The first kappa shape index (κ1) is 13.3. The zero-order valence-corrected chi connectivity index (χ0v) is 11.1. The molecule has 0 aliphatic carbocycles. The SMILES string of the molecule is OCc1ccc([C@@H](O)[C@H](c2ccccc2)[C@@H]2CO2)cc1. The second kappa shape index (κ2) is 5.75. The lowest BCUT2D eigenvalue weighted by Crippen LogP contribution is -2.16. The van der Waals surface area contributed by atoms with Crippen LogP contribution in [0.5, 0.6) is 0 Å². The van der Waals surface area contributed by atoms with Crippen LogP contribution in [0.3, 0.4) is 0 Å². The second-order valence-corrected chi connectivity index (χ2v) is 5.15. The molecule has 3 atom stereocenters. The van der Waals surface area contributed by atoms with E-state index in [4.69, 9.17) is 9.84 Å². The molecule has 3 heteroatoms. The van der Waals surface area contributed by atoms with Crippen LogP contribution in [0.4, 0.5) is 0 Å². The van der Waals surface area contributed by atoms with E-state index in [2.05, 4.69) is 0 Å². The second-order valence-electron chi connectivity index (χ2n) is 5.15. The predicted octanol–water partition coefficient (Wildman–Crippen LogP) is 2.39. The third kappa shape index (κ3) is 2.75. The predicted molar refractivity (Wildman–Crippen MR) is 76.2 cm³/mol. The average Bonchev–Trinajstić information content (AvgIpc) is 3.33. The molecule has 0 bridgehead atoms. The van der Waals surface area contributed by atoms with Gasteiger partial charge in [-0.1, -0.05) is 54.6 Å². The van der Waals surface area contributed by atoms with Crippen LogP contribution >= 0.6 is 0 Å². The van der Waals surface area contributed by atoms with E-state index in [-0.39, 0.29) is 18.6 Å². The molecule has 0 spiro atoms. The van der Waals surface area contributed by atoms with Crippen LogP contribution < -0.4 is 0 Å². The first-order valence-electron chi connectivity index (χ1n) is 6.84. The van der Waals surface area contributed by atoms with Crippen molar-refractivity contribution in [2.45, 2.75) is 24.7 Å². The topological polar surface area (TPSA) is 53.0 Å². The molecule has 1 heterocycles. The van der Waals surface area contributed by atoms with Crippen LogP contribution in [0.2, 0.25) is 0 Å². The van der Waals surface area contributed by atoms with Crippen molar-refractivity contribution in [2.24, 2.45) is 0 Å². The molecule has 0 aromatic heterocycles. The summed E-state index contributed by atoms with van der Waals surface area (Å²) in [6, 6.07) is 17.4. The Labute approximate surface area is 118 Å². The van der Waals surface area contributed by atoms with E-state index in [9.17, 15) is 5.11 Å². The molecule has 1 saturated heterocycles. The zero-order chi connectivity index (χ0) is 13.9. The number of epoxide rings is 1. The number of hydrogen-bond donors (Lipinski definition) is 2. The van der Waals surface area contributed by atoms with Crippen molar-refractivity contribution in [3.05, 3.63) is 71.3 Å². The Morgan fingerprint density at radius 2 is 1.65 bits per heavy atom. The van der Waals surface area contributed by atoms with Gasteiger partial charge in [0, 0.05) is 5.92 Å². The Balaban J connectivity index is 1.87. The molecule has 0 unspecified atom stereocenters. The van der Waals surface area contributed by atoms with E-state index < -0.39 is 6.10 Å². The van der Waals surface area contributed by atoms with Crippen LogP contribution in [-0.2, 0) is 11.3 Å². The third-order valence-electron chi connectivity index (χ3n) is 3.79. The van der Waals surface area contributed by atoms with Crippen molar-refractivity contribution < 1.29 is 14.9 Å². The summed E-state index contributed by atoms with van der Waals surface area (Å²) in [5, 5.41) is 19.7. The summed E-state index contributed by atoms with van der Waals surface area (Å²) in [7, 11) is 0. The number of rotatable bonds is 5. The Bertz CT molecular complexity index is 546. The normalized spacial score (nSPS) is 20.4. The maximum atomic E-state index is 10.7. The Morgan fingerprint density at radius 1 is 1.00 bits per heavy atom. The van der Waals surface area contributed by atoms with Gasteiger partial charge in [0.1, 0.15) is 0 Å². The van der Waals surface area contributed by atoms with E-state index in [1.807, 2.05) is 54.6 Å². The lowest BCUT2D eigenvalue weighted by molar-refractivity contribution is 0.128. The van der Waals surface area contributed by atoms with Crippen molar-refractivity contribution in [1.82, 2.24) is 0 Å². The summed E-state index contributed by atoms with van der Waals surface area (Å²) in [6.45, 7) is 0.718. The molecular weight excluding hydrogens is 252 g/mol. The summed E-state index contributed by atoms with van der Waals surface area (Å²) in [6.07, 6.45) is -0.512. The Kier molecular flexibility index (Phi) is 3.83. The summed E-state index contributed by atoms with van der Waals surface area (Å²) in [5.41, 5.74) is 2.79. The molecule has 0 radical (unpaired) electrons. The maximum absolute atomic E-state index is 10.7. The van der Waals surface area contributed by atoms with Gasteiger partial charge in [0.15, 0.2) is 0 Å². The van der Waals surface area contributed by atoms with Crippen LogP contribution in [0.1, 0.15) is 28.7 Å². The number of hydrogen-bond acceptors (Lipinski definition) is 3. The first-order valence-corrected chi connectivity index (χ1v) is 6.84. The van der Waals surface area contributed by atoms with Crippen molar-refractivity contribution >= 4 is 0 Å². The fraction of sp³-hybridized carbons (Fsp3) is 0.294. The third-order valence-corrected chi connectivity index (χ3v) is 3.79. The van der Waals surface area contributed by atoms with Crippen LogP contribution in [0, 0.1) is 0 Å². The van der Waals surface area contributed by atoms with Gasteiger partial charge in [-0.2, -0.15) is 0 Å². The highest BCUT2D eigenvalue weighted by Crippen LogP contribution is 2.39. The molecule has 2 N–H and O–H groups in total. The first-order chi connectivity index (χ1) is 9.79. The van der Waals surface area contributed by atoms with E-state index in [0.717, 1.165) is 16.7 Å². The van der Waals surface area contributed by atoms with E-state index in [1.54, 1.807) is 0 Å².